The van der Waals surface area contributed by atoms with Crippen molar-refractivity contribution in [2.75, 3.05) is 19.8 Å². The molecular weight excluding hydrogens is 230 g/mol. The second-order valence-corrected chi connectivity index (χ2v) is 5.32. The SMILES string of the molecule is CCOCCc1nnc(CCCNC(C)(C)C)o1. The van der Waals surface area contributed by atoms with Crippen LogP contribution in [-0.4, -0.2) is 35.5 Å². The van der Waals surface area contributed by atoms with Gasteiger partial charge >= 0.3 is 0 Å². The summed E-state index contributed by atoms with van der Waals surface area (Å²) in [4.78, 5) is 0. The van der Waals surface area contributed by atoms with Crippen molar-refractivity contribution < 1.29 is 9.15 Å². The zero-order valence-corrected chi connectivity index (χ0v) is 12.0. The van der Waals surface area contributed by atoms with Gasteiger partial charge in [-0.2, -0.15) is 0 Å². The first-order valence-electron chi connectivity index (χ1n) is 6.65. The van der Waals surface area contributed by atoms with Crippen molar-refractivity contribution in [2.45, 2.75) is 52.5 Å². The predicted molar refractivity (Wildman–Crippen MR) is 70.6 cm³/mol. The number of aryl methyl sites for hydroxylation is 1. The summed E-state index contributed by atoms with van der Waals surface area (Å²) in [5, 5.41) is 11.5. The van der Waals surface area contributed by atoms with E-state index in [0.717, 1.165) is 31.9 Å². The third-order valence-corrected chi connectivity index (χ3v) is 2.40. The number of hydrogen-bond acceptors (Lipinski definition) is 5. The van der Waals surface area contributed by atoms with Crippen molar-refractivity contribution in [1.82, 2.24) is 15.5 Å². The first-order valence-corrected chi connectivity index (χ1v) is 6.65. The Kier molecular flexibility index (Phi) is 6.29. The fraction of sp³-hybridized carbons (Fsp3) is 0.846. The monoisotopic (exact) mass is 255 g/mol. The van der Waals surface area contributed by atoms with Gasteiger partial charge in [0.05, 0.1) is 6.61 Å². The quantitative estimate of drug-likeness (QED) is 0.720. The van der Waals surface area contributed by atoms with Crippen LogP contribution in [0.4, 0.5) is 0 Å². The van der Waals surface area contributed by atoms with Crippen LogP contribution in [0.3, 0.4) is 0 Å². The van der Waals surface area contributed by atoms with E-state index in [1.54, 1.807) is 0 Å². The van der Waals surface area contributed by atoms with Crippen LogP contribution >= 0.6 is 0 Å². The third-order valence-electron chi connectivity index (χ3n) is 2.40. The van der Waals surface area contributed by atoms with E-state index in [9.17, 15) is 0 Å². The molecule has 1 aromatic heterocycles. The number of nitrogens with one attached hydrogen (secondary N) is 1. The van der Waals surface area contributed by atoms with Crippen molar-refractivity contribution in [3.8, 4) is 0 Å². The lowest BCUT2D eigenvalue weighted by Crippen LogP contribution is -2.36. The van der Waals surface area contributed by atoms with Crippen LogP contribution in [0.25, 0.3) is 0 Å². The molecular formula is C13H25N3O2. The Balaban J connectivity index is 2.19. The van der Waals surface area contributed by atoms with Gasteiger partial charge in [-0.05, 0) is 40.7 Å². The molecule has 0 aliphatic rings. The highest BCUT2D eigenvalue weighted by Gasteiger charge is 2.09. The van der Waals surface area contributed by atoms with E-state index in [1.807, 2.05) is 6.92 Å². The molecule has 1 N–H and O–H groups in total. The summed E-state index contributed by atoms with van der Waals surface area (Å²) in [7, 11) is 0. The highest BCUT2D eigenvalue weighted by Crippen LogP contribution is 2.04. The average molecular weight is 255 g/mol. The molecule has 0 fully saturated rings. The number of rotatable bonds is 8. The lowest BCUT2D eigenvalue weighted by atomic mass is 10.1. The van der Waals surface area contributed by atoms with Gasteiger partial charge in [0.25, 0.3) is 0 Å². The number of ether oxygens (including phenoxy) is 1. The van der Waals surface area contributed by atoms with Crippen molar-refractivity contribution in [1.29, 1.82) is 0 Å². The largest absolute Gasteiger partial charge is 0.425 e. The zero-order valence-electron chi connectivity index (χ0n) is 12.0. The Bertz CT molecular complexity index is 331. The van der Waals surface area contributed by atoms with Crippen molar-refractivity contribution in [2.24, 2.45) is 0 Å². The Hall–Kier alpha value is -0.940. The molecule has 0 unspecified atom stereocenters. The van der Waals surface area contributed by atoms with Crippen molar-refractivity contribution in [3.63, 3.8) is 0 Å². The Labute approximate surface area is 109 Å². The highest BCUT2D eigenvalue weighted by molar-refractivity contribution is 4.83. The first kappa shape index (κ1) is 15.1. The first-order chi connectivity index (χ1) is 8.51. The van der Waals surface area contributed by atoms with Gasteiger partial charge in [-0.3, -0.25) is 0 Å². The summed E-state index contributed by atoms with van der Waals surface area (Å²) < 4.78 is 10.8. The number of aromatic nitrogens is 2. The van der Waals surface area contributed by atoms with E-state index >= 15 is 0 Å². The van der Waals surface area contributed by atoms with Gasteiger partial charge in [-0.25, -0.2) is 0 Å². The molecule has 18 heavy (non-hydrogen) atoms. The molecule has 0 saturated heterocycles. The van der Waals surface area contributed by atoms with Crippen molar-refractivity contribution >= 4 is 0 Å². The molecule has 0 aliphatic carbocycles. The maximum absolute atomic E-state index is 5.53. The van der Waals surface area contributed by atoms with E-state index in [4.69, 9.17) is 9.15 Å². The summed E-state index contributed by atoms with van der Waals surface area (Å²) in [6, 6.07) is 0. The normalized spacial score (nSPS) is 12.0. The Morgan fingerprint density at radius 1 is 1.17 bits per heavy atom. The minimum atomic E-state index is 0.164. The molecule has 0 aromatic carbocycles. The second kappa shape index (κ2) is 7.48. The molecule has 0 atom stereocenters. The van der Waals surface area contributed by atoms with Gasteiger partial charge in [0.2, 0.25) is 11.8 Å². The molecule has 1 rings (SSSR count). The van der Waals surface area contributed by atoms with E-state index in [2.05, 4.69) is 36.3 Å². The molecule has 0 radical (unpaired) electrons. The zero-order chi connectivity index (χ0) is 13.4. The van der Waals surface area contributed by atoms with Gasteiger partial charge < -0.3 is 14.5 Å². The summed E-state index contributed by atoms with van der Waals surface area (Å²) in [5.41, 5.74) is 0.164. The molecule has 1 heterocycles. The van der Waals surface area contributed by atoms with E-state index < -0.39 is 0 Å². The smallest absolute Gasteiger partial charge is 0.218 e. The molecule has 5 nitrogen and oxygen atoms in total. The van der Waals surface area contributed by atoms with Crippen LogP contribution in [0.15, 0.2) is 4.42 Å². The van der Waals surface area contributed by atoms with Crippen LogP contribution < -0.4 is 5.32 Å². The van der Waals surface area contributed by atoms with Gasteiger partial charge in [0, 0.05) is 25.0 Å². The summed E-state index contributed by atoms with van der Waals surface area (Å²) in [5.74, 6) is 1.39. The van der Waals surface area contributed by atoms with Crippen LogP contribution in [-0.2, 0) is 17.6 Å². The topological polar surface area (TPSA) is 60.2 Å². The standard InChI is InChI=1S/C13H25N3O2/c1-5-17-10-8-12-16-15-11(18-12)7-6-9-14-13(2,3)4/h14H,5-10H2,1-4H3. The van der Waals surface area contributed by atoms with Crippen molar-refractivity contribution in [3.05, 3.63) is 11.8 Å². The molecule has 0 bridgehead atoms. The van der Waals surface area contributed by atoms with E-state index in [-0.39, 0.29) is 5.54 Å². The molecule has 0 aliphatic heterocycles. The molecule has 104 valence electrons. The molecule has 0 amide bonds. The van der Waals surface area contributed by atoms with Gasteiger partial charge in [0.1, 0.15) is 0 Å². The summed E-state index contributed by atoms with van der Waals surface area (Å²) in [6.07, 6.45) is 2.52. The fourth-order valence-electron chi connectivity index (χ4n) is 1.50. The minimum absolute atomic E-state index is 0.164. The lowest BCUT2D eigenvalue weighted by Gasteiger charge is -2.19. The van der Waals surface area contributed by atoms with Gasteiger partial charge in [-0.1, -0.05) is 0 Å². The Morgan fingerprint density at radius 2 is 1.83 bits per heavy atom. The van der Waals surface area contributed by atoms with Gasteiger partial charge in [-0.15, -0.1) is 10.2 Å². The number of hydrogen-bond donors (Lipinski definition) is 1. The minimum Gasteiger partial charge on any atom is -0.425 e. The van der Waals surface area contributed by atoms with E-state index in [1.165, 1.54) is 0 Å². The maximum Gasteiger partial charge on any atom is 0.218 e. The third kappa shape index (κ3) is 6.71. The van der Waals surface area contributed by atoms with Crippen LogP contribution in [0.2, 0.25) is 0 Å². The fourth-order valence-corrected chi connectivity index (χ4v) is 1.50. The maximum atomic E-state index is 5.53. The molecule has 1 aromatic rings. The van der Waals surface area contributed by atoms with E-state index in [0.29, 0.717) is 18.9 Å². The highest BCUT2D eigenvalue weighted by atomic mass is 16.5. The molecule has 5 heteroatoms. The van der Waals surface area contributed by atoms with Crippen LogP contribution in [0.1, 0.15) is 45.9 Å². The average Bonchev–Trinajstić information content (AvgIpc) is 2.72. The second-order valence-electron chi connectivity index (χ2n) is 5.32. The van der Waals surface area contributed by atoms with Crippen LogP contribution in [0, 0.1) is 0 Å². The Morgan fingerprint density at radius 3 is 2.44 bits per heavy atom. The molecule has 0 spiro atoms. The van der Waals surface area contributed by atoms with Crippen LogP contribution in [0.5, 0.6) is 0 Å². The molecule has 0 saturated carbocycles. The lowest BCUT2D eigenvalue weighted by molar-refractivity contribution is 0.145. The summed E-state index contributed by atoms with van der Waals surface area (Å²) in [6.45, 7) is 10.8. The summed E-state index contributed by atoms with van der Waals surface area (Å²) >= 11 is 0. The predicted octanol–water partition coefficient (Wildman–Crippen LogP) is 1.97. The van der Waals surface area contributed by atoms with Gasteiger partial charge in [0.15, 0.2) is 0 Å². The number of nitrogens with zero attached hydrogens (tertiary/aromatic N) is 2.